The van der Waals surface area contributed by atoms with Crippen LogP contribution in [0.5, 0.6) is 5.75 Å². The van der Waals surface area contributed by atoms with Crippen LogP contribution in [0.1, 0.15) is 17.5 Å². The molecule has 3 N–H and O–H groups in total. The van der Waals surface area contributed by atoms with E-state index in [9.17, 15) is 26.4 Å². The number of nitrogens with two attached hydrogens (primary N) is 1. The van der Waals surface area contributed by atoms with E-state index in [4.69, 9.17) is 14.6 Å². The molecule has 1 saturated heterocycles. The molecule has 1 aromatic heterocycles. The zero-order valence-electron chi connectivity index (χ0n) is 22.1. The molecule has 1 aliphatic rings. The Labute approximate surface area is 238 Å². The lowest BCUT2D eigenvalue weighted by atomic mass is 9.90. The van der Waals surface area contributed by atoms with Crippen LogP contribution in [0.2, 0.25) is 0 Å². The standard InChI is InChI=1S/C27H25F3N6O5S/c1-40-20-11-5-17(6-12-20)15-36-34-24(33-35-36)23-21(3-2-4-22(23)42(31,38)39)18-7-9-19(10-8-18)26(13-14-32-16-26)41-25(37)27(28,29)30/h2-12,32H,13-16H2,1H3,(H2,31,38,39). The number of ether oxygens (including phenoxy) is 2. The minimum Gasteiger partial charge on any atom is -0.497 e. The summed E-state index contributed by atoms with van der Waals surface area (Å²) in [4.78, 5) is 12.8. The number of halogens is 3. The molecule has 0 spiro atoms. The quantitative estimate of drug-likeness (QED) is 0.290. The maximum absolute atomic E-state index is 13.0. The monoisotopic (exact) mass is 602 g/mol. The summed E-state index contributed by atoms with van der Waals surface area (Å²) in [6.07, 6.45) is -5.00. The molecule has 220 valence electrons. The second kappa shape index (κ2) is 11.2. The van der Waals surface area contributed by atoms with Crippen LogP contribution in [0.4, 0.5) is 13.2 Å². The number of sulfonamides is 1. The number of carbonyl (C=O) groups excluding carboxylic acids is 1. The fraction of sp³-hybridized carbons (Fsp3) is 0.259. The van der Waals surface area contributed by atoms with E-state index < -0.39 is 27.8 Å². The van der Waals surface area contributed by atoms with E-state index in [0.29, 0.717) is 29.0 Å². The third-order valence-corrected chi connectivity index (χ3v) is 7.80. The number of nitrogens with zero attached hydrogens (tertiary/aromatic N) is 4. The minimum atomic E-state index is -5.14. The molecule has 1 atom stereocenters. The maximum atomic E-state index is 13.0. The fourth-order valence-corrected chi connectivity index (χ4v) is 5.55. The predicted molar refractivity (Wildman–Crippen MR) is 143 cm³/mol. The molecule has 42 heavy (non-hydrogen) atoms. The molecule has 1 unspecified atom stereocenters. The highest BCUT2D eigenvalue weighted by Gasteiger charge is 2.48. The molecule has 15 heteroatoms. The Morgan fingerprint density at radius 2 is 1.81 bits per heavy atom. The van der Waals surface area contributed by atoms with Gasteiger partial charge in [-0.1, -0.05) is 48.5 Å². The number of esters is 1. The van der Waals surface area contributed by atoms with E-state index in [1.807, 2.05) is 12.1 Å². The summed E-state index contributed by atoms with van der Waals surface area (Å²) in [6, 6.07) is 17.9. The van der Waals surface area contributed by atoms with Gasteiger partial charge in [-0.2, -0.15) is 18.0 Å². The number of alkyl halides is 3. The summed E-state index contributed by atoms with van der Waals surface area (Å²) in [7, 11) is -2.67. The van der Waals surface area contributed by atoms with Crippen LogP contribution in [-0.2, 0) is 31.7 Å². The molecule has 0 saturated carbocycles. The molecular weight excluding hydrogens is 577 g/mol. The van der Waals surface area contributed by atoms with Crippen LogP contribution in [0.25, 0.3) is 22.5 Å². The Kier molecular flexibility index (Phi) is 7.74. The van der Waals surface area contributed by atoms with Crippen molar-refractivity contribution in [1.29, 1.82) is 0 Å². The van der Waals surface area contributed by atoms with Crippen molar-refractivity contribution in [2.24, 2.45) is 5.14 Å². The molecule has 0 amide bonds. The first-order valence-corrected chi connectivity index (χ1v) is 14.1. The number of primary sulfonamides is 1. The van der Waals surface area contributed by atoms with Gasteiger partial charge in [0.05, 0.1) is 24.1 Å². The number of nitrogens with one attached hydrogen (secondary N) is 1. The fourth-order valence-electron chi connectivity index (χ4n) is 4.79. The van der Waals surface area contributed by atoms with Gasteiger partial charge in [0.2, 0.25) is 15.8 Å². The lowest BCUT2D eigenvalue weighted by molar-refractivity contribution is -0.213. The number of carbonyl (C=O) groups is 1. The summed E-state index contributed by atoms with van der Waals surface area (Å²) in [5.41, 5.74) is 0.673. The van der Waals surface area contributed by atoms with Crippen LogP contribution >= 0.6 is 0 Å². The first-order valence-electron chi connectivity index (χ1n) is 12.6. The van der Waals surface area contributed by atoms with Crippen molar-refractivity contribution < 1.29 is 35.9 Å². The molecule has 4 aromatic rings. The topological polar surface area (TPSA) is 151 Å². The smallest absolute Gasteiger partial charge is 0.490 e. The predicted octanol–water partition coefficient (Wildman–Crippen LogP) is 3.01. The van der Waals surface area contributed by atoms with Crippen LogP contribution < -0.4 is 15.2 Å². The number of methoxy groups -OCH3 is 1. The number of benzene rings is 3. The number of hydrogen-bond acceptors (Lipinski definition) is 9. The first-order chi connectivity index (χ1) is 19.9. The highest BCUT2D eigenvalue weighted by Crippen LogP contribution is 2.38. The van der Waals surface area contributed by atoms with E-state index in [-0.39, 0.29) is 35.8 Å². The number of aromatic nitrogens is 4. The highest BCUT2D eigenvalue weighted by molar-refractivity contribution is 7.89. The van der Waals surface area contributed by atoms with Gasteiger partial charge >= 0.3 is 12.1 Å². The van der Waals surface area contributed by atoms with Gasteiger partial charge in [-0.15, -0.1) is 10.2 Å². The van der Waals surface area contributed by atoms with Crippen LogP contribution in [0.3, 0.4) is 0 Å². The average molecular weight is 603 g/mol. The van der Waals surface area contributed by atoms with Crippen molar-refractivity contribution >= 4 is 16.0 Å². The zero-order valence-corrected chi connectivity index (χ0v) is 22.9. The normalized spacial score (nSPS) is 17.3. The lowest BCUT2D eigenvalue weighted by Crippen LogP contribution is -2.39. The molecular formula is C27H25F3N6O5S. The number of rotatable bonds is 8. The first kappa shape index (κ1) is 29.2. The zero-order chi connectivity index (χ0) is 30.1. The summed E-state index contributed by atoms with van der Waals surface area (Å²) < 4.78 is 74.2. The number of tetrazole rings is 1. The maximum Gasteiger partial charge on any atom is 0.490 e. The van der Waals surface area contributed by atoms with E-state index >= 15 is 0 Å². The molecule has 5 rings (SSSR count). The van der Waals surface area contributed by atoms with Gasteiger partial charge in [-0.3, -0.25) is 0 Å². The second-order valence-corrected chi connectivity index (χ2v) is 11.1. The van der Waals surface area contributed by atoms with E-state index in [1.165, 1.54) is 29.1 Å². The van der Waals surface area contributed by atoms with Crippen LogP contribution in [0, 0.1) is 0 Å². The van der Waals surface area contributed by atoms with Crippen molar-refractivity contribution in [3.63, 3.8) is 0 Å². The molecule has 11 nitrogen and oxygen atoms in total. The third kappa shape index (κ3) is 5.98. The summed E-state index contributed by atoms with van der Waals surface area (Å²) in [5.74, 6) is -1.60. The van der Waals surface area contributed by atoms with Crippen molar-refractivity contribution in [2.45, 2.75) is 29.6 Å². The molecule has 0 aliphatic carbocycles. The summed E-state index contributed by atoms with van der Waals surface area (Å²) >= 11 is 0. The van der Waals surface area contributed by atoms with Crippen molar-refractivity contribution in [3.8, 4) is 28.3 Å². The SMILES string of the molecule is COc1ccc(Cn2nnc(-c3c(-c4ccc(C5(OC(=O)C(F)(F)F)CCNC5)cc4)cccc3S(N)(=O)=O)n2)cc1. The van der Waals surface area contributed by atoms with Gasteiger partial charge in [-0.05, 0) is 52.2 Å². The summed E-state index contributed by atoms with van der Waals surface area (Å²) in [5, 5.41) is 21.0. The van der Waals surface area contributed by atoms with E-state index in [2.05, 4.69) is 20.7 Å². The lowest BCUT2D eigenvalue weighted by Gasteiger charge is -2.29. The van der Waals surface area contributed by atoms with Crippen molar-refractivity contribution in [1.82, 2.24) is 25.5 Å². The largest absolute Gasteiger partial charge is 0.497 e. The Morgan fingerprint density at radius 1 is 1.10 bits per heavy atom. The van der Waals surface area contributed by atoms with Gasteiger partial charge in [0.1, 0.15) is 5.75 Å². The molecule has 1 fully saturated rings. The van der Waals surface area contributed by atoms with Crippen molar-refractivity contribution in [2.75, 3.05) is 20.2 Å². The van der Waals surface area contributed by atoms with Gasteiger partial charge in [0.25, 0.3) is 0 Å². The van der Waals surface area contributed by atoms with Gasteiger partial charge in [0, 0.05) is 13.0 Å². The molecule has 3 aromatic carbocycles. The Bertz CT molecular complexity index is 1700. The Balaban J connectivity index is 1.52. The van der Waals surface area contributed by atoms with Crippen LogP contribution in [-0.4, -0.2) is 61.0 Å². The third-order valence-electron chi connectivity index (χ3n) is 6.85. The van der Waals surface area contributed by atoms with Gasteiger partial charge in [-0.25, -0.2) is 18.4 Å². The van der Waals surface area contributed by atoms with Crippen molar-refractivity contribution in [3.05, 3.63) is 77.9 Å². The molecule has 2 heterocycles. The van der Waals surface area contributed by atoms with Crippen LogP contribution in [0.15, 0.2) is 71.6 Å². The average Bonchev–Trinajstić information content (AvgIpc) is 3.63. The molecule has 1 aliphatic heterocycles. The molecule has 0 radical (unpaired) electrons. The number of hydrogen-bond donors (Lipinski definition) is 2. The highest BCUT2D eigenvalue weighted by atomic mass is 32.2. The van der Waals surface area contributed by atoms with E-state index in [0.717, 1.165) is 5.56 Å². The summed E-state index contributed by atoms with van der Waals surface area (Å²) in [6.45, 7) is 0.595. The Morgan fingerprint density at radius 3 is 2.40 bits per heavy atom. The van der Waals surface area contributed by atoms with Gasteiger partial charge in [0.15, 0.2) is 5.60 Å². The second-order valence-electron chi connectivity index (χ2n) is 9.60. The minimum absolute atomic E-state index is 0.00153. The van der Waals surface area contributed by atoms with Gasteiger partial charge < -0.3 is 14.8 Å². The molecule has 0 bridgehead atoms. The van der Waals surface area contributed by atoms with E-state index in [1.54, 1.807) is 37.4 Å². The Hall–Kier alpha value is -4.34.